The van der Waals surface area contributed by atoms with Crippen molar-refractivity contribution < 1.29 is 14.3 Å². The molecule has 0 spiro atoms. The van der Waals surface area contributed by atoms with E-state index in [4.69, 9.17) is 4.74 Å². The van der Waals surface area contributed by atoms with Crippen molar-refractivity contribution in [3.63, 3.8) is 0 Å². The summed E-state index contributed by atoms with van der Waals surface area (Å²) >= 11 is 0. The van der Waals surface area contributed by atoms with Gasteiger partial charge >= 0.3 is 0 Å². The maximum atomic E-state index is 12.7. The summed E-state index contributed by atoms with van der Waals surface area (Å²) in [6.07, 6.45) is 2.06. The van der Waals surface area contributed by atoms with Crippen LogP contribution in [0.1, 0.15) is 37.6 Å². The van der Waals surface area contributed by atoms with Crippen LogP contribution in [0.25, 0.3) is 0 Å². The van der Waals surface area contributed by atoms with Crippen LogP contribution < -0.4 is 10.1 Å². The highest BCUT2D eigenvalue weighted by Gasteiger charge is 2.38. The topological polar surface area (TPSA) is 58.6 Å². The SMILES string of the molecule is C=CC(=O)N1CCC(NC(=O)c2ccccc2OCC)C(C)(C)C1. The molecule has 2 rings (SSSR count). The Balaban J connectivity index is 2.10. The monoisotopic (exact) mass is 330 g/mol. The molecule has 5 heteroatoms. The zero-order valence-electron chi connectivity index (χ0n) is 14.7. The van der Waals surface area contributed by atoms with Crippen LogP contribution in [-0.2, 0) is 4.79 Å². The second-order valence-electron chi connectivity index (χ2n) is 6.70. The van der Waals surface area contributed by atoms with Crippen LogP contribution in [0.5, 0.6) is 5.75 Å². The van der Waals surface area contributed by atoms with E-state index in [1.807, 2.05) is 19.1 Å². The van der Waals surface area contributed by atoms with Crippen molar-refractivity contribution in [2.75, 3.05) is 19.7 Å². The van der Waals surface area contributed by atoms with Crippen molar-refractivity contribution in [3.05, 3.63) is 42.5 Å². The summed E-state index contributed by atoms with van der Waals surface area (Å²) in [7, 11) is 0. The molecule has 0 radical (unpaired) electrons. The minimum Gasteiger partial charge on any atom is -0.493 e. The van der Waals surface area contributed by atoms with Crippen LogP contribution >= 0.6 is 0 Å². The van der Waals surface area contributed by atoms with Gasteiger partial charge in [-0.1, -0.05) is 32.6 Å². The zero-order valence-corrected chi connectivity index (χ0v) is 14.7. The van der Waals surface area contributed by atoms with Crippen molar-refractivity contribution in [1.82, 2.24) is 10.2 Å². The summed E-state index contributed by atoms with van der Waals surface area (Å²) in [5.74, 6) is 0.393. The fraction of sp³-hybridized carbons (Fsp3) is 0.474. The normalized spacial score (nSPS) is 19.5. The lowest BCUT2D eigenvalue weighted by Crippen LogP contribution is -2.56. The predicted molar refractivity (Wildman–Crippen MR) is 94.0 cm³/mol. The number of hydrogen-bond donors (Lipinski definition) is 1. The first kappa shape index (κ1) is 18.0. The third-order valence-electron chi connectivity index (χ3n) is 4.45. The second kappa shape index (κ2) is 7.51. The van der Waals surface area contributed by atoms with Gasteiger partial charge in [-0.15, -0.1) is 0 Å². The summed E-state index contributed by atoms with van der Waals surface area (Å²) < 4.78 is 5.54. The number of nitrogens with one attached hydrogen (secondary N) is 1. The Morgan fingerprint density at radius 3 is 2.75 bits per heavy atom. The van der Waals surface area contributed by atoms with Crippen LogP contribution in [0.4, 0.5) is 0 Å². The number of para-hydroxylation sites is 1. The highest BCUT2D eigenvalue weighted by atomic mass is 16.5. The molecule has 1 atom stereocenters. The number of hydrogen-bond acceptors (Lipinski definition) is 3. The Hall–Kier alpha value is -2.30. The van der Waals surface area contributed by atoms with Gasteiger partial charge in [-0.3, -0.25) is 9.59 Å². The predicted octanol–water partition coefficient (Wildman–Crippen LogP) is 2.63. The average molecular weight is 330 g/mol. The smallest absolute Gasteiger partial charge is 0.255 e. The maximum absolute atomic E-state index is 12.7. The highest BCUT2D eigenvalue weighted by molar-refractivity contribution is 5.97. The van der Waals surface area contributed by atoms with Crippen molar-refractivity contribution in [2.24, 2.45) is 5.41 Å². The Morgan fingerprint density at radius 2 is 2.12 bits per heavy atom. The van der Waals surface area contributed by atoms with Gasteiger partial charge in [0.2, 0.25) is 5.91 Å². The zero-order chi connectivity index (χ0) is 17.7. The molecule has 0 aliphatic carbocycles. The van der Waals surface area contributed by atoms with E-state index in [0.717, 1.165) is 6.42 Å². The molecule has 1 fully saturated rings. The maximum Gasteiger partial charge on any atom is 0.255 e. The lowest BCUT2D eigenvalue weighted by atomic mass is 9.79. The third-order valence-corrected chi connectivity index (χ3v) is 4.45. The number of ether oxygens (including phenoxy) is 1. The van der Waals surface area contributed by atoms with Crippen molar-refractivity contribution >= 4 is 11.8 Å². The van der Waals surface area contributed by atoms with Crippen molar-refractivity contribution in [3.8, 4) is 5.75 Å². The van der Waals surface area contributed by atoms with Gasteiger partial charge in [0, 0.05) is 24.5 Å². The summed E-state index contributed by atoms with van der Waals surface area (Å²) in [5.41, 5.74) is 0.326. The number of benzene rings is 1. The molecule has 1 aliphatic rings. The number of rotatable bonds is 5. The average Bonchev–Trinajstić information content (AvgIpc) is 2.56. The molecule has 1 heterocycles. The largest absolute Gasteiger partial charge is 0.493 e. The van der Waals surface area contributed by atoms with E-state index < -0.39 is 0 Å². The number of piperidine rings is 1. The summed E-state index contributed by atoms with van der Waals surface area (Å²) in [5, 5.41) is 3.12. The summed E-state index contributed by atoms with van der Waals surface area (Å²) in [4.78, 5) is 26.3. The van der Waals surface area contributed by atoms with Gasteiger partial charge < -0.3 is 15.0 Å². The molecule has 1 N–H and O–H groups in total. The minimum atomic E-state index is -0.215. The third kappa shape index (κ3) is 3.96. The summed E-state index contributed by atoms with van der Waals surface area (Å²) in [6.45, 7) is 11.3. The molecule has 130 valence electrons. The molecule has 0 saturated carbocycles. The molecule has 1 aromatic carbocycles. The van der Waals surface area contributed by atoms with Gasteiger partial charge in [0.15, 0.2) is 0 Å². The molecule has 24 heavy (non-hydrogen) atoms. The van der Waals surface area contributed by atoms with Gasteiger partial charge in [-0.25, -0.2) is 0 Å². The van der Waals surface area contributed by atoms with Crippen molar-refractivity contribution in [2.45, 2.75) is 33.2 Å². The number of amides is 2. The highest BCUT2D eigenvalue weighted by Crippen LogP contribution is 2.30. The number of carbonyl (C=O) groups excluding carboxylic acids is 2. The fourth-order valence-corrected chi connectivity index (χ4v) is 3.11. The molecule has 1 unspecified atom stereocenters. The second-order valence-corrected chi connectivity index (χ2v) is 6.70. The van der Waals surface area contributed by atoms with E-state index in [9.17, 15) is 9.59 Å². The molecular weight excluding hydrogens is 304 g/mol. The Labute approximate surface area is 143 Å². The van der Waals surface area contributed by atoms with Gasteiger partial charge in [-0.2, -0.15) is 0 Å². The van der Waals surface area contributed by atoms with Gasteiger partial charge in [0.1, 0.15) is 5.75 Å². The van der Waals surface area contributed by atoms with Crippen LogP contribution in [0, 0.1) is 5.41 Å². The summed E-state index contributed by atoms with van der Waals surface area (Å²) in [6, 6.07) is 7.24. The molecule has 1 aromatic rings. The van der Waals surface area contributed by atoms with E-state index in [-0.39, 0.29) is 23.3 Å². The van der Waals surface area contributed by atoms with Gasteiger partial charge in [0.25, 0.3) is 5.91 Å². The lowest BCUT2D eigenvalue weighted by molar-refractivity contribution is -0.129. The van der Waals surface area contributed by atoms with Crippen LogP contribution in [0.2, 0.25) is 0 Å². The molecule has 5 nitrogen and oxygen atoms in total. The van der Waals surface area contributed by atoms with Gasteiger partial charge in [-0.05, 0) is 31.6 Å². The Morgan fingerprint density at radius 1 is 1.42 bits per heavy atom. The van der Waals surface area contributed by atoms with Gasteiger partial charge in [0.05, 0.1) is 12.2 Å². The molecule has 0 bridgehead atoms. The first-order valence-electron chi connectivity index (χ1n) is 8.33. The number of carbonyl (C=O) groups is 2. The first-order chi connectivity index (χ1) is 11.4. The van der Waals surface area contributed by atoms with Crippen LogP contribution in [-0.4, -0.2) is 42.5 Å². The molecular formula is C19H26N2O3. The van der Waals surface area contributed by atoms with E-state index >= 15 is 0 Å². The Bertz CT molecular complexity index is 625. The van der Waals surface area contributed by atoms with E-state index in [0.29, 0.717) is 31.0 Å². The number of likely N-dealkylation sites (tertiary alicyclic amines) is 1. The van der Waals surface area contributed by atoms with E-state index in [1.165, 1.54) is 6.08 Å². The molecule has 2 amide bonds. The quantitative estimate of drug-likeness (QED) is 0.844. The minimum absolute atomic E-state index is 0.00597. The van der Waals surface area contributed by atoms with E-state index in [1.54, 1.807) is 17.0 Å². The van der Waals surface area contributed by atoms with Crippen LogP contribution in [0.15, 0.2) is 36.9 Å². The molecule has 1 aliphatic heterocycles. The molecule has 1 saturated heterocycles. The molecule has 0 aromatic heterocycles. The first-order valence-corrected chi connectivity index (χ1v) is 8.33. The van der Waals surface area contributed by atoms with Crippen LogP contribution in [0.3, 0.4) is 0 Å². The standard InChI is InChI=1S/C19H26N2O3/c1-5-17(22)21-12-11-16(19(3,4)13-21)20-18(23)14-9-7-8-10-15(14)24-6-2/h5,7-10,16H,1,6,11-13H2,2-4H3,(H,20,23). The van der Waals surface area contributed by atoms with E-state index in [2.05, 4.69) is 25.7 Å². The fourth-order valence-electron chi connectivity index (χ4n) is 3.11. The lowest BCUT2D eigenvalue weighted by Gasteiger charge is -2.44. The number of nitrogens with zero attached hydrogens (tertiary/aromatic N) is 1. The Kier molecular flexibility index (Phi) is 5.65. The van der Waals surface area contributed by atoms with Crippen molar-refractivity contribution in [1.29, 1.82) is 0 Å².